The van der Waals surface area contributed by atoms with E-state index in [2.05, 4.69) is 29.5 Å². The lowest BCUT2D eigenvalue weighted by Crippen LogP contribution is -2.43. The van der Waals surface area contributed by atoms with Gasteiger partial charge in [0.25, 0.3) is 0 Å². The zero-order chi connectivity index (χ0) is 11.1. The van der Waals surface area contributed by atoms with Crippen LogP contribution in [0.1, 0.15) is 26.7 Å². The van der Waals surface area contributed by atoms with Crippen molar-refractivity contribution >= 4 is 22.6 Å². The summed E-state index contributed by atoms with van der Waals surface area (Å²) in [6.07, 6.45) is 2.19. The average molecular weight is 328 g/mol. The molecule has 0 aromatic rings. The van der Waals surface area contributed by atoms with E-state index in [-0.39, 0.29) is 11.7 Å². The van der Waals surface area contributed by atoms with Crippen LogP contribution in [-0.2, 0) is 14.2 Å². The number of halogens is 1. The molecule has 90 valence electrons. The van der Waals surface area contributed by atoms with E-state index in [4.69, 9.17) is 14.2 Å². The van der Waals surface area contributed by atoms with Crippen molar-refractivity contribution in [2.75, 3.05) is 30.9 Å². The summed E-state index contributed by atoms with van der Waals surface area (Å²) in [5.41, 5.74) is 0.0231. The third-order valence-corrected chi connectivity index (χ3v) is 4.05. The smallest absolute Gasteiger partial charge is 0.0820 e. The number of ether oxygens (including phenoxy) is 3. The van der Waals surface area contributed by atoms with Gasteiger partial charge >= 0.3 is 0 Å². The lowest BCUT2D eigenvalue weighted by Gasteiger charge is -2.37. The van der Waals surface area contributed by atoms with E-state index in [1.54, 1.807) is 0 Å². The largest absolute Gasteiger partial charge is 0.381 e. The summed E-state index contributed by atoms with van der Waals surface area (Å²) in [5.74, 6) is 0. The van der Waals surface area contributed by atoms with Gasteiger partial charge in [0.15, 0.2) is 0 Å². The van der Waals surface area contributed by atoms with Crippen LogP contribution in [0.5, 0.6) is 0 Å². The second kappa shape index (κ2) is 7.04. The highest BCUT2D eigenvalue weighted by Gasteiger charge is 2.34. The minimum Gasteiger partial charge on any atom is -0.381 e. The van der Waals surface area contributed by atoms with E-state index in [0.717, 1.165) is 37.1 Å². The number of rotatable bonds is 6. The Balaban J connectivity index is 2.37. The summed E-state index contributed by atoms with van der Waals surface area (Å²) < 4.78 is 17.9. The minimum absolute atomic E-state index is 0.0231. The molecule has 15 heavy (non-hydrogen) atoms. The highest BCUT2D eigenvalue weighted by atomic mass is 127. The molecule has 0 aromatic carbocycles. The SMILES string of the molecule is CCOCC(C)OC1(CI)CCOCC1. The molecule has 0 bridgehead atoms. The van der Waals surface area contributed by atoms with Gasteiger partial charge in [0.2, 0.25) is 0 Å². The molecule has 0 amide bonds. The first-order valence-corrected chi connectivity index (χ1v) is 7.14. The van der Waals surface area contributed by atoms with Crippen LogP contribution < -0.4 is 0 Å². The standard InChI is InChI=1S/C11H21IO3/c1-3-13-8-10(2)15-11(9-12)4-6-14-7-5-11/h10H,3-9H2,1-2H3. The zero-order valence-electron chi connectivity index (χ0n) is 9.63. The second-order valence-corrected chi connectivity index (χ2v) is 4.78. The van der Waals surface area contributed by atoms with Gasteiger partial charge in [-0.3, -0.25) is 0 Å². The van der Waals surface area contributed by atoms with Gasteiger partial charge in [-0.15, -0.1) is 0 Å². The molecule has 0 N–H and O–H groups in total. The molecule has 1 heterocycles. The van der Waals surface area contributed by atoms with Crippen LogP contribution in [0.3, 0.4) is 0 Å². The molecule has 3 nitrogen and oxygen atoms in total. The van der Waals surface area contributed by atoms with Crippen molar-refractivity contribution in [1.82, 2.24) is 0 Å². The van der Waals surface area contributed by atoms with Gasteiger partial charge in [0.1, 0.15) is 0 Å². The van der Waals surface area contributed by atoms with Gasteiger partial charge in [0, 0.05) is 37.1 Å². The number of alkyl halides is 1. The fourth-order valence-electron chi connectivity index (χ4n) is 1.77. The molecule has 1 fully saturated rings. The summed E-state index contributed by atoms with van der Waals surface area (Å²) in [6, 6.07) is 0. The maximum absolute atomic E-state index is 6.12. The molecule has 0 saturated carbocycles. The molecule has 1 atom stereocenters. The third kappa shape index (κ3) is 4.54. The zero-order valence-corrected chi connectivity index (χ0v) is 11.8. The Morgan fingerprint density at radius 1 is 1.40 bits per heavy atom. The number of hydrogen-bond donors (Lipinski definition) is 0. The van der Waals surface area contributed by atoms with Gasteiger partial charge < -0.3 is 14.2 Å². The molecule has 4 heteroatoms. The first-order valence-electron chi connectivity index (χ1n) is 5.62. The highest BCUT2D eigenvalue weighted by molar-refractivity contribution is 14.1. The summed E-state index contributed by atoms with van der Waals surface area (Å²) in [5, 5.41) is 0. The van der Waals surface area contributed by atoms with Gasteiger partial charge in [-0.2, -0.15) is 0 Å². The lowest BCUT2D eigenvalue weighted by molar-refractivity contribution is -0.138. The summed E-state index contributed by atoms with van der Waals surface area (Å²) >= 11 is 2.41. The van der Waals surface area contributed by atoms with Crippen LogP contribution >= 0.6 is 22.6 Å². The van der Waals surface area contributed by atoms with Crippen LogP contribution in [0, 0.1) is 0 Å². The maximum atomic E-state index is 6.12. The van der Waals surface area contributed by atoms with Crippen LogP contribution in [0.4, 0.5) is 0 Å². The molecule has 0 aliphatic carbocycles. The first-order chi connectivity index (χ1) is 7.22. The fourth-order valence-corrected chi connectivity index (χ4v) is 2.71. The molecule has 0 aromatic heterocycles. The van der Waals surface area contributed by atoms with E-state index >= 15 is 0 Å². The first kappa shape index (κ1) is 13.7. The van der Waals surface area contributed by atoms with E-state index < -0.39 is 0 Å². The Bertz CT molecular complexity index is 169. The van der Waals surface area contributed by atoms with Crippen molar-refractivity contribution in [3.63, 3.8) is 0 Å². The topological polar surface area (TPSA) is 27.7 Å². The normalized spacial score (nSPS) is 22.6. The quantitative estimate of drug-likeness (QED) is 0.554. The van der Waals surface area contributed by atoms with Gasteiger partial charge in [-0.25, -0.2) is 0 Å². The van der Waals surface area contributed by atoms with E-state index in [1.165, 1.54) is 0 Å². The second-order valence-electron chi connectivity index (χ2n) is 4.02. The van der Waals surface area contributed by atoms with Crippen LogP contribution in [-0.4, -0.2) is 42.6 Å². The van der Waals surface area contributed by atoms with Crippen molar-refractivity contribution in [2.45, 2.75) is 38.4 Å². The number of hydrogen-bond acceptors (Lipinski definition) is 3. The summed E-state index contributed by atoms with van der Waals surface area (Å²) in [6.45, 7) is 7.19. The molecule has 1 unspecified atom stereocenters. The van der Waals surface area contributed by atoms with Crippen molar-refractivity contribution in [1.29, 1.82) is 0 Å². The van der Waals surface area contributed by atoms with Crippen LogP contribution in [0.2, 0.25) is 0 Å². The Morgan fingerprint density at radius 2 is 2.07 bits per heavy atom. The van der Waals surface area contributed by atoms with E-state index in [1.807, 2.05) is 6.92 Å². The van der Waals surface area contributed by atoms with Gasteiger partial charge in [-0.1, -0.05) is 22.6 Å². The maximum Gasteiger partial charge on any atom is 0.0820 e. The molecular formula is C11H21IO3. The van der Waals surface area contributed by atoms with E-state index in [9.17, 15) is 0 Å². The predicted octanol–water partition coefficient (Wildman–Crippen LogP) is 2.41. The monoisotopic (exact) mass is 328 g/mol. The minimum atomic E-state index is 0.0231. The fraction of sp³-hybridized carbons (Fsp3) is 1.00. The Morgan fingerprint density at radius 3 is 2.60 bits per heavy atom. The van der Waals surface area contributed by atoms with Crippen molar-refractivity contribution < 1.29 is 14.2 Å². The van der Waals surface area contributed by atoms with Crippen LogP contribution in [0.15, 0.2) is 0 Å². The lowest BCUT2D eigenvalue weighted by atomic mass is 9.96. The highest BCUT2D eigenvalue weighted by Crippen LogP contribution is 2.28. The van der Waals surface area contributed by atoms with Crippen molar-refractivity contribution in [3.8, 4) is 0 Å². The Hall–Kier alpha value is 0.610. The van der Waals surface area contributed by atoms with Gasteiger partial charge in [0.05, 0.1) is 18.3 Å². The molecule has 0 spiro atoms. The van der Waals surface area contributed by atoms with Crippen molar-refractivity contribution in [3.05, 3.63) is 0 Å². The van der Waals surface area contributed by atoms with Gasteiger partial charge in [-0.05, 0) is 13.8 Å². The summed E-state index contributed by atoms with van der Waals surface area (Å²) in [4.78, 5) is 0. The third-order valence-electron chi connectivity index (χ3n) is 2.66. The predicted molar refractivity (Wildman–Crippen MR) is 68.7 cm³/mol. The molecule has 0 radical (unpaired) electrons. The van der Waals surface area contributed by atoms with Crippen LogP contribution in [0.25, 0.3) is 0 Å². The molecule has 1 aliphatic rings. The molecular weight excluding hydrogens is 307 g/mol. The van der Waals surface area contributed by atoms with Crippen molar-refractivity contribution in [2.24, 2.45) is 0 Å². The summed E-state index contributed by atoms with van der Waals surface area (Å²) in [7, 11) is 0. The Kier molecular flexibility index (Phi) is 6.42. The van der Waals surface area contributed by atoms with E-state index in [0.29, 0.717) is 6.61 Å². The average Bonchev–Trinajstić information content (AvgIpc) is 2.27. The molecule has 1 rings (SSSR count). The molecule has 1 aliphatic heterocycles. The molecule has 1 saturated heterocycles. The Labute approximate surface area is 106 Å².